The van der Waals surface area contributed by atoms with Crippen LogP contribution in [0.2, 0.25) is 0 Å². The van der Waals surface area contributed by atoms with E-state index < -0.39 is 0 Å². The Labute approximate surface area is 155 Å². The summed E-state index contributed by atoms with van der Waals surface area (Å²) in [6, 6.07) is 14.1. The number of nitrogens with one attached hydrogen (secondary N) is 1. The van der Waals surface area contributed by atoms with Gasteiger partial charge in [0.2, 0.25) is 0 Å². The van der Waals surface area contributed by atoms with Crippen molar-refractivity contribution in [3.05, 3.63) is 65.0 Å². The number of nitrogens with zero attached hydrogens (tertiary/aromatic N) is 2. The van der Waals surface area contributed by atoms with Crippen LogP contribution in [0.3, 0.4) is 0 Å². The fourth-order valence-electron chi connectivity index (χ4n) is 3.34. The summed E-state index contributed by atoms with van der Waals surface area (Å²) >= 11 is 0. The van der Waals surface area contributed by atoms with E-state index in [1.807, 2.05) is 50.2 Å². The van der Waals surface area contributed by atoms with Crippen LogP contribution in [0.4, 0.5) is 0 Å². The highest BCUT2D eigenvalue weighted by molar-refractivity contribution is 5.95. The van der Waals surface area contributed by atoms with E-state index in [4.69, 9.17) is 4.98 Å². The van der Waals surface area contributed by atoms with Crippen LogP contribution in [0.25, 0.3) is 11.0 Å². The lowest BCUT2D eigenvalue weighted by atomic mass is 10.1. The fourth-order valence-corrected chi connectivity index (χ4v) is 3.34. The number of aryl methyl sites for hydroxylation is 2. The van der Waals surface area contributed by atoms with E-state index in [-0.39, 0.29) is 5.91 Å². The molecule has 4 nitrogen and oxygen atoms in total. The Kier molecular flexibility index (Phi) is 5.40. The molecular weight excluding hydrogens is 322 g/mol. The molecule has 0 saturated heterocycles. The van der Waals surface area contributed by atoms with E-state index in [2.05, 4.69) is 29.8 Å². The van der Waals surface area contributed by atoms with Crippen molar-refractivity contribution in [2.75, 3.05) is 6.54 Å². The van der Waals surface area contributed by atoms with Crippen molar-refractivity contribution < 1.29 is 4.79 Å². The second-order valence-electron chi connectivity index (χ2n) is 7.35. The number of hydrogen-bond acceptors (Lipinski definition) is 2. The van der Waals surface area contributed by atoms with Crippen molar-refractivity contribution in [2.24, 2.45) is 5.92 Å². The van der Waals surface area contributed by atoms with Crippen LogP contribution in [0, 0.1) is 19.8 Å². The minimum Gasteiger partial charge on any atom is -0.352 e. The quantitative estimate of drug-likeness (QED) is 0.722. The van der Waals surface area contributed by atoms with Crippen LogP contribution in [-0.2, 0) is 13.0 Å². The number of amides is 1. The molecule has 0 aliphatic heterocycles. The van der Waals surface area contributed by atoms with Crippen molar-refractivity contribution in [1.29, 1.82) is 0 Å². The van der Waals surface area contributed by atoms with Gasteiger partial charge in [0.1, 0.15) is 5.82 Å². The monoisotopic (exact) mass is 349 g/mol. The van der Waals surface area contributed by atoms with Gasteiger partial charge in [-0.15, -0.1) is 0 Å². The van der Waals surface area contributed by atoms with Gasteiger partial charge >= 0.3 is 0 Å². The standard InChI is InChI=1S/C22H27N3O/c1-15(2)14-25-20-8-6-5-7-19(20)24-21(25)11-12-23-22(26)18-10-9-16(3)13-17(18)4/h5-10,13,15H,11-12,14H2,1-4H3,(H,23,26). The average Bonchev–Trinajstić information content (AvgIpc) is 2.92. The first kappa shape index (κ1) is 18.2. The molecule has 3 aromatic rings. The number of hydrogen-bond donors (Lipinski definition) is 1. The molecule has 4 heteroatoms. The van der Waals surface area contributed by atoms with Gasteiger partial charge in [-0.1, -0.05) is 43.7 Å². The summed E-state index contributed by atoms with van der Waals surface area (Å²) in [5.74, 6) is 1.55. The van der Waals surface area contributed by atoms with Gasteiger partial charge in [0.05, 0.1) is 11.0 Å². The largest absolute Gasteiger partial charge is 0.352 e. The summed E-state index contributed by atoms with van der Waals surface area (Å²) in [5, 5.41) is 3.04. The van der Waals surface area contributed by atoms with E-state index in [9.17, 15) is 4.79 Å². The first-order valence-corrected chi connectivity index (χ1v) is 9.25. The van der Waals surface area contributed by atoms with Crippen LogP contribution in [0.15, 0.2) is 42.5 Å². The van der Waals surface area contributed by atoms with Gasteiger partial charge in [0, 0.05) is 25.1 Å². The zero-order chi connectivity index (χ0) is 18.7. The third-order valence-corrected chi connectivity index (χ3v) is 4.54. The summed E-state index contributed by atoms with van der Waals surface area (Å²) in [4.78, 5) is 17.2. The van der Waals surface area contributed by atoms with E-state index in [1.165, 1.54) is 5.56 Å². The van der Waals surface area contributed by atoms with Crippen LogP contribution in [0.5, 0.6) is 0 Å². The molecule has 26 heavy (non-hydrogen) atoms. The molecule has 1 N–H and O–H groups in total. The second kappa shape index (κ2) is 7.73. The third-order valence-electron chi connectivity index (χ3n) is 4.54. The number of carbonyl (C=O) groups is 1. The molecule has 1 aromatic heterocycles. The summed E-state index contributed by atoms with van der Waals surface area (Å²) in [7, 11) is 0. The Morgan fingerprint density at radius 1 is 1.15 bits per heavy atom. The number of carbonyl (C=O) groups excluding carboxylic acids is 1. The molecule has 0 atom stereocenters. The van der Waals surface area contributed by atoms with Gasteiger partial charge in [-0.2, -0.15) is 0 Å². The molecule has 0 radical (unpaired) electrons. The molecule has 0 saturated carbocycles. The predicted molar refractivity (Wildman–Crippen MR) is 107 cm³/mol. The van der Waals surface area contributed by atoms with Crippen LogP contribution < -0.4 is 5.32 Å². The van der Waals surface area contributed by atoms with Crippen molar-refractivity contribution >= 4 is 16.9 Å². The molecule has 0 spiro atoms. The first-order chi connectivity index (χ1) is 12.5. The van der Waals surface area contributed by atoms with Crippen LogP contribution in [-0.4, -0.2) is 22.0 Å². The lowest BCUT2D eigenvalue weighted by molar-refractivity contribution is 0.0953. The van der Waals surface area contributed by atoms with Crippen molar-refractivity contribution in [2.45, 2.75) is 40.7 Å². The maximum atomic E-state index is 12.5. The first-order valence-electron chi connectivity index (χ1n) is 9.25. The Bertz CT molecular complexity index is 924. The number of rotatable bonds is 6. The van der Waals surface area contributed by atoms with Crippen LogP contribution in [0.1, 0.15) is 41.2 Å². The number of fused-ring (bicyclic) bond motifs is 1. The maximum absolute atomic E-state index is 12.5. The summed E-state index contributed by atoms with van der Waals surface area (Å²) < 4.78 is 2.28. The van der Waals surface area contributed by atoms with Gasteiger partial charge in [-0.3, -0.25) is 4.79 Å². The van der Waals surface area contributed by atoms with E-state index in [0.29, 0.717) is 12.5 Å². The van der Waals surface area contributed by atoms with Crippen molar-refractivity contribution in [3.8, 4) is 0 Å². The van der Waals surface area contributed by atoms with Gasteiger partial charge in [0.25, 0.3) is 5.91 Å². The molecular formula is C22H27N3O. The third kappa shape index (κ3) is 3.96. The second-order valence-corrected chi connectivity index (χ2v) is 7.35. The predicted octanol–water partition coefficient (Wildman–Crippen LogP) is 4.28. The molecule has 0 unspecified atom stereocenters. The van der Waals surface area contributed by atoms with Gasteiger partial charge in [0.15, 0.2) is 0 Å². The number of imidazole rings is 1. The van der Waals surface area contributed by atoms with Gasteiger partial charge in [-0.05, 0) is 43.5 Å². The number of benzene rings is 2. The normalized spacial score (nSPS) is 11.3. The fraction of sp³-hybridized carbons (Fsp3) is 0.364. The minimum absolute atomic E-state index is 0.0194. The average molecular weight is 349 g/mol. The molecule has 0 aliphatic carbocycles. The molecule has 0 bridgehead atoms. The maximum Gasteiger partial charge on any atom is 0.251 e. The lowest BCUT2D eigenvalue weighted by Crippen LogP contribution is -2.27. The van der Waals surface area contributed by atoms with E-state index in [1.54, 1.807) is 0 Å². The zero-order valence-corrected chi connectivity index (χ0v) is 16.0. The van der Waals surface area contributed by atoms with E-state index in [0.717, 1.165) is 41.0 Å². The number of para-hydroxylation sites is 2. The highest BCUT2D eigenvalue weighted by atomic mass is 16.1. The molecule has 1 amide bonds. The van der Waals surface area contributed by atoms with Crippen molar-refractivity contribution in [1.82, 2.24) is 14.9 Å². The molecule has 136 valence electrons. The Hall–Kier alpha value is -2.62. The lowest BCUT2D eigenvalue weighted by Gasteiger charge is -2.12. The van der Waals surface area contributed by atoms with Crippen molar-refractivity contribution in [3.63, 3.8) is 0 Å². The summed E-state index contributed by atoms with van der Waals surface area (Å²) in [6.45, 7) is 9.94. The summed E-state index contributed by atoms with van der Waals surface area (Å²) in [5.41, 5.74) is 5.10. The Morgan fingerprint density at radius 3 is 2.65 bits per heavy atom. The SMILES string of the molecule is Cc1ccc(C(=O)NCCc2nc3ccccc3n2CC(C)C)c(C)c1. The molecule has 2 aromatic carbocycles. The van der Waals surface area contributed by atoms with Gasteiger partial charge < -0.3 is 9.88 Å². The van der Waals surface area contributed by atoms with Gasteiger partial charge in [-0.25, -0.2) is 4.98 Å². The zero-order valence-electron chi connectivity index (χ0n) is 16.0. The highest BCUT2D eigenvalue weighted by Crippen LogP contribution is 2.18. The molecule has 0 fully saturated rings. The Morgan fingerprint density at radius 2 is 1.92 bits per heavy atom. The topological polar surface area (TPSA) is 46.9 Å². The summed E-state index contributed by atoms with van der Waals surface area (Å²) in [6.07, 6.45) is 0.720. The highest BCUT2D eigenvalue weighted by Gasteiger charge is 2.13. The molecule has 3 rings (SSSR count). The Balaban J connectivity index is 1.72. The molecule has 0 aliphatic rings. The number of aromatic nitrogens is 2. The molecule has 1 heterocycles. The van der Waals surface area contributed by atoms with E-state index >= 15 is 0 Å². The smallest absolute Gasteiger partial charge is 0.251 e. The van der Waals surface area contributed by atoms with Crippen LogP contribution >= 0.6 is 0 Å². The minimum atomic E-state index is -0.0194.